The van der Waals surface area contributed by atoms with Gasteiger partial charge in [0.05, 0.1) is 18.3 Å². The fourth-order valence-electron chi connectivity index (χ4n) is 1.81. The summed E-state index contributed by atoms with van der Waals surface area (Å²) in [4.78, 5) is 0. The Morgan fingerprint density at radius 1 is 1.15 bits per heavy atom. The van der Waals surface area contributed by atoms with Gasteiger partial charge in [0.2, 0.25) is 0 Å². The Morgan fingerprint density at radius 2 is 1.77 bits per heavy atom. The van der Waals surface area contributed by atoms with Crippen LogP contribution in [0.15, 0.2) is 0 Å². The van der Waals surface area contributed by atoms with Gasteiger partial charge in [0.15, 0.2) is 0 Å². The van der Waals surface area contributed by atoms with Crippen LogP contribution in [0, 0.1) is 5.92 Å². The van der Waals surface area contributed by atoms with E-state index in [1.54, 1.807) is 0 Å². The number of hydrogen-bond donors (Lipinski definition) is 2. The maximum Gasteiger partial charge on any atom is 0.106 e. The Kier molecular flexibility index (Phi) is 3.71. The monoisotopic (exact) mass is 188 g/mol. The highest BCUT2D eigenvalue weighted by Gasteiger charge is 2.39. The van der Waals surface area contributed by atoms with Crippen molar-refractivity contribution in [1.29, 1.82) is 0 Å². The molecule has 13 heavy (non-hydrogen) atoms. The van der Waals surface area contributed by atoms with E-state index in [0.717, 1.165) is 12.8 Å². The summed E-state index contributed by atoms with van der Waals surface area (Å²) in [7, 11) is 0. The van der Waals surface area contributed by atoms with E-state index in [-0.39, 0.29) is 18.1 Å². The Balaban J connectivity index is 2.59. The molecule has 2 N–H and O–H groups in total. The molecule has 5 unspecified atom stereocenters. The second-order valence-corrected chi connectivity index (χ2v) is 4.01. The molecular formula is C10H20O3. The molecular weight excluding hydrogens is 168 g/mol. The predicted octanol–water partition coefficient (Wildman–Crippen LogP) is 0.932. The van der Waals surface area contributed by atoms with Gasteiger partial charge in [-0.15, -0.1) is 0 Å². The highest BCUT2D eigenvalue weighted by molar-refractivity contribution is 4.88. The zero-order valence-corrected chi connectivity index (χ0v) is 8.60. The minimum Gasteiger partial charge on any atom is -0.390 e. The van der Waals surface area contributed by atoms with Gasteiger partial charge in [-0.3, -0.25) is 0 Å². The molecule has 0 saturated carbocycles. The van der Waals surface area contributed by atoms with Gasteiger partial charge in [0.25, 0.3) is 0 Å². The number of hydrogen-bond acceptors (Lipinski definition) is 3. The SMILES string of the molecule is CCCC1OC(C)C(C)C(O)C1O. The summed E-state index contributed by atoms with van der Waals surface area (Å²) in [6, 6.07) is 0. The number of aliphatic hydroxyl groups is 2. The molecule has 0 spiro atoms. The van der Waals surface area contributed by atoms with Crippen LogP contribution in [0.4, 0.5) is 0 Å². The van der Waals surface area contributed by atoms with Crippen molar-refractivity contribution in [2.45, 2.75) is 58.0 Å². The second kappa shape index (κ2) is 4.40. The summed E-state index contributed by atoms with van der Waals surface area (Å²) in [6.07, 6.45) is 0.276. The lowest BCUT2D eigenvalue weighted by atomic mass is 9.87. The predicted molar refractivity (Wildman–Crippen MR) is 50.4 cm³/mol. The van der Waals surface area contributed by atoms with Crippen LogP contribution in [0.5, 0.6) is 0 Å². The van der Waals surface area contributed by atoms with E-state index < -0.39 is 12.2 Å². The van der Waals surface area contributed by atoms with Gasteiger partial charge >= 0.3 is 0 Å². The van der Waals surface area contributed by atoms with Crippen molar-refractivity contribution in [3.63, 3.8) is 0 Å². The molecule has 0 aromatic rings. The molecule has 3 heteroatoms. The van der Waals surface area contributed by atoms with E-state index in [4.69, 9.17) is 4.74 Å². The first-order valence-corrected chi connectivity index (χ1v) is 5.09. The molecule has 5 atom stereocenters. The summed E-state index contributed by atoms with van der Waals surface area (Å²) in [5.41, 5.74) is 0. The summed E-state index contributed by atoms with van der Waals surface area (Å²) in [6.45, 7) is 5.90. The Morgan fingerprint density at radius 3 is 2.31 bits per heavy atom. The fraction of sp³-hybridized carbons (Fsp3) is 1.00. The highest BCUT2D eigenvalue weighted by atomic mass is 16.5. The topological polar surface area (TPSA) is 49.7 Å². The maximum absolute atomic E-state index is 9.68. The quantitative estimate of drug-likeness (QED) is 0.678. The molecule has 0 radical (unpaired) electrons. The fourth-order valence-corrected chi connectivity index (χ4v) is 1.81. The van der Waals surface area contributed by atoms with E-state index >= 15 is 0 Å². The molecule has 1 aliphatic rings. The molecule has 1 heterocycles. The molecule has 1 aliphatic heterocycles. The van der Waals surface area contributed by atoms with Crippen LogP contribution in [0.3, 0.4) is 0 Å². The maximum atomic E-state index is 9.68. The molecule has 0 aliphatic carbocycles. The zero-order valence-electron chi connectivity index (χ0n) is 8.60. The molecule has 1 saturated heterocycles. The van der Waals surface area contributed by atoms with Gasteiger partial charge in [0, 0.05) is 5.92 Å². The van der Waals surface area contributed by atoms with Gasteiger partial charge in [-0.05, 0) is 13.3 Å². The Labute approximate surface area is 79.7 Å². The second-order valence-electron chi connectivity index (χ2n) is 4.01. The van der Waals surface area contributed by atoms with Crippen molar-refractivity contribution >= 4 is 0 Å². The highest BCUT2D eigenvalue weighted by Crippen LogP contribution is 2.27. The molecule has 1 fully saturated rings. The summed E-state index contributed by atoms with van der Waals surface area (Å²) in [5, 5.41) is 19.4. The van der Waals surface area contributed by atoms with Crippen molar-refractivity contribution in [2.24, 2.45) is 5.92 Å². The standard InChI is InChI=1S/C10H20O3/c1-4-5-8-10(12)9(11)6(2)7(3)13-8/h6-12H,4-5H2,1-3H3. The van der Waals surface area contributed by atoms with E-state index in [9.17, 15) is 10.2 Å². The smallest absolute Gasteiger partial charge is 0.106 e. The lowest BCUT2D eigenvalue weighted by Gasteiger charge is -2.40. The van der Waals surface area contributed by atoms with Gasteiger partial charge in [0.1, 0.15) is 6.10 Å². The van der Waals surface area contributed by atoms with E-state index in [1.165, 1.54) is 0 Å². The Hall–Kier alpha value is -0.120. The minimum absolute atomic E-state index is 0.0168. The van der Waals surface area contributed by atoms with Crippen LogP contribution in [-0.2, 0) is 4.74 Å². The summed E-state index contributed by atoms with van der Waals surface area (Å²) >= 11 is 0. The van der Waals surface area contributed by atoms with Crippen LogP contribution in [0.25, 0.3) is 0 Å². The van der Waals surface area contributed by atoms with Gasteiger partial charge < -0.3 is 14.9 Å². The third-order valence-corrected chi connectivity index (χ3v) is 2.97. The minimum atomic E-state index is -0.717. The summed E-state index contributed by atoms with van der Waals surface area (Å²) in [5.74, 6) is 0.0168. The third kappa shape index (κ3) is 2.22. The molecule has 0 amide bonds. The normalized spacial score (nSPS) is 46.4. The first kappa shape index (κ1) is 11.0. The van der Waals surface area contributed by atoms with Gasteiger partial charge in [-0.1, -0.05) is 20.3 Å². The number of ether oxygens (including phenoxy) is 1. The molecule has 1 rings (SSSR count). The first-order chi connectivity index (χ1) is 6.07. The molecule has 0 aromatic carbocycles. The average Bonchev–Trinajstić information content (AvgIpc) is 2.11. The molecule has 0 bridgehead atoms. The van der Waals surface area contributed by atoms with Crippen molar-refractivity contribution in [3.05, 3.63) is 0 Å². The molecule has 3 nitrogen and oxygen atoms in total. The first-order valence-electron chi connectivity index (χ1n) is 5.09. The van der Waals surface area contributed by atoms with E-state index in [0.29, 0.717) is 0 Å². The lowest BCUT2D eigenvalue weighted by Crippen LogP contribution is -2.52. The van der Waals surface area contributed by atoms with Gasteiger partial charge in [-0.25, -0.2) is 0 Å². The summed E-state index contributed by atoms with van der Waals surface area (Å²) < 4.78 is 5.61. The molecule has 0 aromatic heterocycles. The number of rotatable bonds is 2. The third-order valence-electron chi connectivity index (χ3n) is 2.97. The van der Waals surface area contributed by atoms with Crippen LogP contribution >= 0.6 is 0 Å². The van der Waals surface area contributed by atoms with Crippen LogP contribution < -0.4 is 0 Å². The van der Waals surface area contributed by atoms with Crippen LogP contribution in [0.1, 0.15) is 33.6 Å². The van der Waals surface area contributed by atoms with Crippen LogP contribution in [-0.4, -0.2) is 34.6 Å². The van der Waals surface area contributed by atoms with Crippen molar-refractivity contribution in [3.8, 4) is 0 Å². The zero-order chi connectivity index (χ0) is 10.0. The van der Waals surface area contributed by atoms with E-state index in [1.807, 2.05) is 20.8 Å². The van der Waals surface area contributed by atoms with E-state index in [2.05, 4.69) is 0 Å². The largest absolute Gasteiger partial charge is 0.390 e. The Bertz CT molecular complexity index is 160. The number of aliphatic hydroxyl groups excluding tert-OH is 2. The average molecular weight is 188 g/mol. The van der Waals surface area contributed by atoms with Crippen LogP contribution in [0.2, 0.25) is 0 Å². The van der Waals surface area contributed by atoms with Crippen molar-refractivity contribution in [1.82, 2.24) is 0 Å². The lowest BCUT2D eigenvalue weighted by molar-refractivity contribution is -0.192. The van der Waals surface area contributed by atoms with Crippen molar-refractivity contribution in [2.75, 3.05) is 0 Å². The van der Waals surface area contributed by atoms with Crippen molar-refractivity contribution < 1.29 is 14.9 Å². The molecule has 78 valence electrons. The van der Waals surface area contributed by atoms with Gasteiger partial charge in [-0.2, -0.15) is 0 Å².